The minimum Gasteiger partial charge on any atom is -0.480 e. The van der Waals surface area contributed by atoms with Crippen molar-refractivity contribution in [1.29, 1.82) is 0 Å². The Kier molecular flexibility index (Phi) is 11.1. The number of carboxylic acid groups (broad SMARTS) is 1. The van der Waals surface area contributed by atoms with Crippen LogP contribution in [0.2, 0.25) is 0 Å². The van der Waals surface area contributed by atoms with Crippen LogP contribution < -0.4 is 16.8 Å². The summed E-state index contributed by atoms with van der Waals surface area (Å²) < 4.78 is 0. The molecule has 0 heterocycles. The average molecular weight is 323 g/mol. The minimum absolute atomic E-state index is 0.00588. The normalized spacial score (nSPS) is 10.9. The van der Waals surface area contributed by atoms with E-state index in [0.29, 0.717) is 31.4 Å². The molecule has 0 saturated carbocycles. The molecule has 0 radical (unpaired) electrons. The zero-order valence-electron chi connectivity index (χ0n) is 13.3. The van der Waals surface area contributed by atoms with E-state index in [1.54, 1.807) is 24.3 Å². The van der Waals surface area contributed by atoms with Gasteiger partial charge in [0.1, 0.15) is 12.3 Å². The van der Waals surface area contributed by atoms with Crippen molar-refractivity contribution in [2.24, 2.45) is 11.5 Å². The van der Waals surface area contributed by atoms with Crippen molar-refractivity contribution in [3.8, 4) is 0 Å². The summed E-state index contributed by atoms with van der Waals surface area (Å²) in [6.45, 7) is 2.45. The first-order valence-electron chi connectivity index (χ1n) is 7.48. The molecule has 7 nitrogen and oxygen atoms in total. The van der Waals surface area contributed by atoms with Crippen molar-refractivity contribution in [1.82, 2.24) is 0 Å². The Morgan fingerprint density at radius 2 is 1.91 bits per heavy atom. The summed E-state index contributed by atoms with van der Waals surface area (Å²) in [5, 5.41) is 11.0. The number of anilines is 1. The molecule has 0 fully saturated rings. The Bertz CT molecular complexity index is 489. The number of nitrogens with two attached hydrogens (primary N) is 2. The van der Waals surface area contributed by atoms with Crippen LogP contribution in [0.25, 0.3) is 0 Å². The second-order valence-corrected chi connectivity index (χ2v) is 4.91. The van der Waals surface area contributed by atoms with Gasteiger partial charge in [0, 0.05) is 17.7 Å². The van der Waals surface area contributed by atoms with Gasteiger partial charge in [-0.25, -0.2) is 0 Å². The summed E-state index contributed by atoms with van der Waals surface area (Å²) in [5.41, 5.74) is 11.6. The smallest absolute Gasteiger partial charge is 0.320 e. The molecular weight excluding hydrogens is 298 g/mol. The Labute approximate surface area is 136 Å². The maximum Gasteiger partial charge on any atom is 0.320 e. The van der Waals surface area contributed by atoms with Crippen molar-refractivity contribution in [3.05, 3.63) is 29.8 Å². The van der Waals surface area contributed by atoms with E-state index in [0.717, 1.165) is 18.4 Å². The van der Waals surface area contributed by atoms with Gasteiger partial charge in [-0.05, 0) is 50.1 Å². The molecule has 0 bridgehead atoms. The molecule has 1 rings (SSSR count). The van der Waals surface area contributed by atoms with Crippen LogP contribution in [0.4, 0.5) is 5.69 Å². The Morgan fingerprint density at radius 3 is 2.35 bits per heavy atom. The van der Waals surface area contributed by atoms with E-state index >= 15 is 0 Å². The second-order valence-electron chi connectivity index (χ2n) is 4.91. The van der Waals surface area contributed by atoms with Crippen molar-refractivity contribution < 1.29 is 19.5 Å². The molecule has 23 heavy (non-hydrogen) atoms. The number of amides is 1. The third kappa shape index (κ3) is 10.2. The first kappa shape index (κ1) is 20.8. The van der Waals surface area contributed by atoms with Gasteiger partial charge in [-0.15, -0.1) is 0 Å². The van der Waals surface area contributed by atoms with Crippen LogP contribution in [-0.2, 0) is 9.59 Å². The fourth-order valence-corrected chi connectivity index (χ4v) is 1.56. The lowest BCUT2D eigenvalue weighted by molar-refractivity contribution is -0.138. The molecule has 1 atom stereocenters. The first-order chi connectivity index (χ1) is 10.9. The zero-order valence-corrected chi connectivity index (χ0v) is 13.3. The number of rotatable bonds is 8. The standard InChI is InChI=1S/C11H13NO2.C5H12N2O2/c1-2-3-11(14)12-10-6-4-9(8-13)5-7-10;6-3-1-2-4(7)5(8)9/h4-8H,2-3H2,1H3,(H,12,14);4H,1-3,6-7H2,(H,8,9). The second kappa shape index (κ2) is 12.3. The van der Waals surface area contributed by atoms with E-state index in [1.165, 1.54) is 0 Å². The number of nitrogens with one attached hydrogen (secondary N) is 1. The van der Waals surface area contributed by atoms with E-state index in [4.69, 9.17) is 16.6 Å². The fourth-order valence-electron chi connectivity index (χ4n) is 1.56. The van der Waals surface area contributed by atoms with E-state index in [1.807, 2.05) is 6.92 Å². The largest absolute Gasteiger partial charge is 0.480 e. The molecule has 0 saturated heterocycles. The highest BCUT2D eigenvalue weighted by Crippen LogP contribution is 2.08. The summed E-state index contributed by atoms with van der Waals surface area (Å²) in [4.78, 5) is 31.6. The third-order valence-corrected chi connectivity index (χ3v) is 2.84. The highest BCUT2D eigenvalue weighted by molar-refractivity contribution is 5.91. The van der Waals surface area contributed by atoms with Crippen molar-refractivity contribution in [2.75, 3.05) is 11.9 Å². The Balaban J connectivity index is 0.000000468. The van der Waals surface area contributed by atoms with Gasteiger partial charge in [0.2, 0.25) is 5.91 Å². The summed E-state index contributed by atoms with van der Waals surface area (Å²) in [6, 6.07) is 6.05. The van der Waals surface area contributed by atoms with E-state index in [2.05, 4.69) is 5.32 Å². The maximum absolute atomic E-state index is 11.2. The third-order valence-electron chi connectivity index (χ3n) is 2.84. The molecule has 7 heteroatoms. The molecule has 6 N–H and O–H groups in total. The lowest BCUT2D eigenvalue weighted by Crippen LogP contribution is -2.30. The highest BCUT2D eigenvalue weighted by atomic mass is 16.4. The van der Waals surface area contributed by atoms with E-state index < -0.39 is 12.0 Å². The topological polar surface area (TPSA) is 136 Å². The fraction of sp³-hybridized carbons (Fsp3) is 0.438. The van der Waals surface area contributed by atoms with Gasteiger partial charge < -0.3 is 21.9 Å². The Morgan fingerprint density at radius 1 is 1.30 bits per heavy atom. The van der Waals surface area contributed by atoms with Gasteiger partial charge in [0.05, 0.1) is 0 Å². The van der Waals surface area contributed by atoms with Crippen LogP contribution in [0.1, 0.15) is 43.0 Å². The zero-order chi connectivity index (χ0) is 17.7. The molecular formula is C16H25N3O4. The monoisotopic (exact) mass is 323 g/mol. The number of carbonyl (C=O) groups is 3. The van der Waals surface area contributed by atoms with Gasteiger partial charge in [0.25, 0.3) is 0 Å². The number of benzene rings is 1. The van der Waals surface area contributed by atoms with Gasteiger partial charge in [-0.2, -0.15) is 0 Å². The predicted molar refractivity (Wildman–Crippen MR) is 89.3 cm³/mol. The van der Waals surface area contributed by atoms with Gasteiger partial charge >= 0.3 is 5.97 Å². The van der Waals surface area contributed by atoms with Gasteiger partial charge in [-0.1, -0.05) is 6.92 Å². The molecule has 1 aromatic carbocycles. The quantitative estimate of drug-likeness (QED) is 0.534. The van der Waals surface area contributed by atoms with Crippen molar-refractivity contribution >= 4 is 23.9 Å². The summed E-state index contributed by atoms with van der Waals surface area (Å²) in [6.07, 6.45) is 3.27. The van der Waals surface area contributed by atoms with E-state index in [-0.39, 0.29) is 5.91 Å². The number of carboxylic acids is 1. The lowest BCUT2D eigenvalue weighted by Gasteiger charge is -2.03. The maximum atomic E-state index is 11.2. The average Bonchev–Trinajstić information content (AvgIpc) is 2.54. The highest BCUT2D eigenvalue weighted by Gasteiger charge is 2.08. The number of carbonyl (C=O) groups excluding carboxylic acids is 2. The number of aldehydes is 1. The number of hydrogen-bond donors (Lipinski definition) is 4. The minimum atomic E-state index is -0.955. The van der Waals surface area contributed by atoms with Crippen LogP contribution in [0.5, 0.6) is 0 Å². The molecule has 0 aliphatic carbocycles. The van der Waals surface area contributed by atoms with E-state index in [9.17, 15) is 14.4 Å². The SMILES string of the molecule is CCCC(=O)Nc1ccc(C=O)cc1.NCCCC(N)C(=O)O. The molecule has 0 spiro atoms. The van der Waals surface area contributed by atoms with Crippen LogP contribution >= 0.6 is 0 Å². The number of aliphatic carboxylic acids is 1. The molecule has 1 unspecified atom stereocenters. The summed E-state index contributed by atoms with van der Waals surface area (Å²) >= 11 is 0. The summed E-state index contributed by atoms with van der Waals surface area (Å²) in [5.74, 6) is -0.949. The van der Waals surface area contributed by atoms with Gasteiger partial charge in [-0.3, -0.25) is 14.4 Å². The van der Waals surface area contributed by atoms with Crippen LogP contribution in [0.3, 0.4) is 0 Å². The van der Waals surface area contributed by atoms with Crippen LogP contribution in [0, 0.1) is 0 Å². The lowest BCUT2D eigenvalue weighted by atomic mass is 10.2. The molecule has 0 aliphatic heterocycles. The Hall–Kier alpha value is -2.25. The molecule has 0 aliphatic rings. The number of hydrogen-bond acceptors (Lipinski definition) is 5. The van der Waals surface area contributed by atoms with Crippen LogP contribution in [0.15, 0.2) is 24.3 Å². The van der Waals surface area contributed by atoms with Crippen molar-refractivity contribution in [2.45, 2.75) is 38.6 Å². The first-order valence-corrected chi connectivity index (χ1v) is 7.48. The van der Waals surface area contributed by atoms with Gasteiger partial charge in [0.15, 0.2) is 0 Å². The van der Waals surface area contributed by atoms with Crippen molar-refractivity contribution in [3.63, 3.8) is 0 Å². The molecule has 128 valence electrons. The molecule has 0 aromatic heterocycles. The molecule has 1 amide bonds. The summed E-state index contributed by atoms with van der Waals surface area (Å²) in [7, 11) is 0. The molecule has 1 aromatic rings. The predicted octanol–water partition coefficient (Wildman–Crippen LogP) is 1.37. The van der Waals surface area contributed by atoms with Crippen LogP contribution in [-0.4, -0.2) is 35.9 Å².